The molecule has 1 saturated heterocycles. The van der Waals surface area contributed by atoms with Gasteiger partial charge in [-0.1, -0.05) is 13.5 Å². The standard InChI is InChI=1S/C11H21N/c1-6-10-7-8-12(9(10)2)11(3,4)5/h10H,2,6-8H2,1,3-5H3. The van der Waals surface area contributed by atoms with Crippen LogP contribution in [0.1, 0.15) is 40.5 Å². The van der Waals surface area contributed by atoms with Gasteiger partial charge in [-0.25, -0.2) is 0 Å². The summed E-state index contributed by atoms with van der Waals surface area (Å²) in [4.78, 5) is 2.45. The molecule has 1 atom stereocenters. The molecular formula is C11H21N. The molecule has 1 heteroatoms. The Kier molecular flexibility index (Phi) is 2.50. The molecule has 0 bridgehead atoms. The molecule has 0 aliphatic carbocycles. The molecule has 0 N–H and O–H groups in total. The van der Waals surface area contributed by atoms with Gasteiger partial charge in [-0.2, -0.15) is 0 Å². The van der Waals surface area contributed by atoms with Gasteiger partial charge < -0.3 is 4.90 Å². The Morgan fingerprint density at radius 1 is 1.50 bits per heavy atom. The molecule has 0 aromatic carbocycles. The summed E-state index contributed by atoms with van der Waals surface area (Å²) in [7, 11) is 0. The van der Waals surface area contributed by atoms with Gasteiger partial charge in [0.2, 0.25) is 0 Å². The van der Waals surface area contributed by atoms with Crippen LogP contribution in [0.2, 0.25) is 0 Å². The second-order valence-corrected chi connectivity index (χ2v) is 4.71. The lowest BCUT2D eigenvalue weighted by Gasteiger charge is -2.35. The number of hydrogen-bond acceptors (Lipinski definition) is 1. The number of allylic oxidation sites excluding steroid dienone is 1. The lowest BCUT2D eigenvalue weighted by atomic mass is 10.0. The van der Waals surface area contributed by atoms with Gasteiger partial charge in [0, 0.05) is 17.8 Å². The third-order valence-corrected chi connectivity index (χ3v) is 2.82. The van der Waals surface area contributed by atoms with E-state index in [4.69, 9.17) is 0 Å². The maximum absolute atomic E-state index is 4.18. The van der Waals surface area contributed by atoms with Crippen molar-refractivity contribution in [3.05, 3.63) is 12.3 Å². The summed E-state index contributed by atoms with van der Waals surface area (Å²) in [5.74, 6) is 0.740. The normalized spacial score (nSPS) is 25.2. The van der Waals surface area contributed by atoms with E-state index < -0.39 is 0 Å². The average Bonchev–Trinajstić information content (AvgIpc) is 2.29. The van der Waals surface area contributed by atoms with E-state index in [2.05, 4.69) is 39.2 Å². The first-order chi connectivity index (χ1) is 5.46. The summed E-state index contributed by atoms with van der Waals surface area (Å²) < 4.78 is 0. The Bertz CT molecular complexity index is 176. The van der Waals surface area contributed by atoms with Crippen LogP contribution in [0.4, 0.5) is 0 Å². The van der Waals surface area contributed by atoms with Crippen molar-refractivity contribution in [2.75, 3.05) is 6.54 Å². The molecule has 1 aliphatic rings. The monoisotopic (exact) mass is 167 g/mol. The van der Waals surface area contributed by atoms with Gasteiger partial charge in [0.25, 0.3) is 0 Å². The van der Waals surface area contributed by atoms with Crippen molar-refractivity contribution >= 4 is 0 Å². The highest BCUT2D eigenvalue weighted by Crippen LogP contribution is 2.34. The number of nitrogens with zero attached hydrogens (tertiary/aromatic N) is 1. The summed E-state index contributed by atoms with van der Waals surface area (Å²) in [5, 5.41) is 0. The van der Waals surface area contributed by atoms with E-state index in [0.717, 1.165) is 5.92 Å². The van der Waals surface area contributed by atoms with Gasteiger partial charge in [-0.3, -0.25) is 0 Å². The molecule has 1 rings (SSSR count). The Morgan fingerprint density at radius 3 is 2.33 bits per heavy atom. The molecular weight excluding hydrogens is 146 g/mol. The van der Waals surface area contributed by atoms with Gasteiger partial charge in [-0.15, -0.1) is 0 Å². The molecule has 1 fully saturated rings. The maximum Gasteiger partial charge on any atom is 0.0314 e. The third-order valence-electron chi connectivity index (χ3n) is 2.82. The smallest absolute Gasteiger partial charge is 0.0314 e. The van der Waals surface area contributed by atoms with E-state index >= 15 is 0 Å². The molecule has 12 heavy (non-hydrogen) atoms. The van der Waals surface area contributed by atoms with E-state index in [-0.39, 0.29) is 5.54 Å². The van der Waals surface area contributed by atoms with E-state index in [0.29, 0.717) is 0 Å². The van der Waals surface area contributed by atoms with Crippen molar-refractivity contribution in [3.8, 4) is 0 Å². The lowest BCUT2D eigenvalue weighted by molar-refractivity contribution is 0.211. The van der Waals surface area contributed by atoms with Crippen LogP contribution in [-0.2, 0) is 0 Å². The van der Waals surface area contributed by atoms with Crippen LogP contribution < -0.4 is 0 Å². The van der Waals surface area contributed by atoms with Crippen molar-refractivity contribution in [3.63, 3.8) is 0 Å². The van der Waals surface area contributed by atoms with Crippen molar-refractivity contribution in [2.45, 2.75) is 46.1 Å². The second kappa shape index (κ2) is 3.12. The summed E-state index contributed by atoms with van der Waals surface area (Å²) >= 11 is 0. The van der Waals surface area contributed by atoms with Crippen molar-refractivity contribution in [2.24, 2.45) is 5.92 Å². The average molecular weight is 167 g/mol. The minimum absolute atomic E-state index is 0.265. The Labute approximate surface area is 76.5 Å². The first kappa shape index (κ1) is 9.63. The molecule has 1 aliphatic heterocycles. The SMILES string of the molecule is C=C1C(CC)CCN1C(C)(C)C. The van der Waals surface area contributed by atoms with Crippen LogP contribution in [0.25, 0.3) is 0 Å². The zero-order valence-electron chi connectivity index (χ0n) is 8.85. The first-order valence-electron chi connectivity index (χ1n) is 4.93. The van der Waals surface area contributed by atoms with Crippen molar-refractivity contribution < 1.29 is 0 Å². The highest BCUT2D eigenvalue weighted by atomic mass is 15.2. The van der Waals surface area contributed by atoms with Gasteiger partial charge in [-0.05, 0) is 39.5 Å². The zero-order valence-corrected chi connectivity index (χ0v) is 8.85. The Balaban J connectivity index is 2.67. The zero-order chi connectivity index (χ0) is 9.35. The molecule has 0 aromatic rings. The van der Waals surface area contributed by atoms with Gasteiger partial charge >= 0.3 is 0 Å². The van der Waals surface area contributed by atoms with Crippen LogP contribution in [0.15, 0.2) is 12.3 Å². The van der Waals surface area contributed by atoms with Gasteiger partial charge in [0.15, 0.2) is 0 Å². The van der Waals surface area contributed by atoms with Crippen LogP contribution in [0, 0.1) is 5.92 Å². The predicted octanol–water partition coefficient (Wildman–Crippen LogP) is 3.03. The Hall–Kier alpha value is -0.460. The quantitative estimate of drug-likeness (QED) is 0.580. The molecule has 0 amide bonds. The highest BCUT2D eigenvalue weighted by molar-refractivity contribution is 5.09. The van der Waals surface area contributed by atoms with E-state index in [1.165, 1.54) is 25.1 Å². The summed E-state index contributed by atoms with van der Waals surface area (Å²) in [5.41, 5.74) is 1.62. The third kappa shape index (κ3) is 1.65. The van der Waals surface area contributed by atoms with Crippen molar-refractivity contribution in [1.29, 1.82) is 0 Å². The highest BCUT2D eigenvalue weighted by Gasteiger charge is 2.31. The predicted molar refractivity (Wildman–Crippen MR) is 54.0 cm³/mol. The fourth-order valence-corrected chi connectivity index (χ4v) is 2.02. The lowest BCUT2D eigenvalue weighted by Crippen LogP contribution is -2.37. The fourth-order valence-electron chi connectivity index (χ4n) is 2.02. The summed E-state index contributed by atoms with van der Waals surface area (Å²) in [6.45, 7) is 14.4. The van der Waals surface area contributed by atoms with Crippen LogP contribution in [0.3, 0.4) is 0 Å². The van der Waals surface area contributed by atoms with E-state index in [1.54, 1.807) is 0 Å². The van der Waals surface area contributed by atoms with Crippen LogP contribution in [0.5, 0.6) is 0 Å². The molecule has 0 aromatic heterocycles. The molecule has 1 unspecified atom stereocenters. The van der Waals surface area contributed by atoms with Crippen LogP contribution in [-0.4, -0.2) is 17.0 Å². The summed E-state index contributed by atoms with van der Waals surface area (Å²) in [6.07, 6.45) is 2.54. The Morgan fingerprint density at radius 2 is 2.08 bits per heavy atom. The fraction of sp³-hybridized carbons (Fsp3) is 0.818. The minimum atomic E-state index is 0.265. The maximum atomic E-state index is 4.18. The molecule has 70 valence electrons. The molecule has 0 saturated carbocycles. The molecule has 1 nitrogen and oxygen atoms in total. The number of likely N-dealkylation sites (tertiary alicyclic amines) is 1. The van der Waals surface area contributed by atoms with E-state index in [9.17, 15) is 0 Å². The first-order valence-corrected chi connectivity index (χ1v) is 4.93. The summed E-state index contributed by atoms with van der Waals surface area (Å²) in [6, 6.07) is 0. The van der Waals surface area contributed by atoms with E-state index in [1.807, 2.05) is 0 Å². The van der Waals surface area contributed by atoms with Crippen molar-refractivity contribution in [1.82, 2.24) is 4.90 Å². The topological polar surface area (TPSA) is 3.24 Å². The second-order valence-electron chi connectivity index (χ2n) is 4.71. The van der Waals surface area contributed by atoms with Gasteiger partial charge in [0.05, 0.1) is 0 Å². The number of hydrogen-bond donors (Lipinski definition) is 0. The number of rotatable bonds is 1. The molecule has 1 heterocycles. The molecule has 0 radical (unpaired) electrons. The molecule has 0 spiro atoms. The largest absolute Gasteiger partial charge is 0.370 e. The minimum Gasteiger partial charge on any atom is -0.370 e. The van der Waals surface area contributed by atoms with Crippen LogP contribution >= 0.6 is 0 Å². The van der Waals surface area contributed by atoms with Gasteiger partial charge in [0.1, 0.15) is 0 Å².